The summed E-state index contributed by atoms with van der Waals surface area (Å²) in [6.07, 6.45) is 0.743. The molecule has 1 atom stereocenters. The normalized spacial score (nSPS) is 21.5. The van der Waals surface area contributed by atoms with E-state index in [9.17, 15) is 18.0 Å². The van der Waals surface area contributed by atoms with E-state index in [0.29, 0.717) is 36.5 Å². The first-order chi connectivity index (χ1) is 15.8. The maximum atomic E-state index is 14.9. The number of benzene rings is 1. The number of carbonyl (C=O) groups excluding carboxylic acids is 1. The number of halogens is 3. The van der Waals surface area contributed by atoms with Crippen LogP contribution < -0.4 is 15.0 Å². The van der Waals surface area contributed by atoms with Gasteiger partial charge in [0.05, 0.1) is 5.69 Å². The Kier molecular flexibility index (Phi) is 5.64. The van der Waals surface area contributed by atoms with Gasteiger partial charge in [-0.3, -0.25) is 4.79 Å². The van der Waals surface area contributed by atoms with Gasteiger partial charge in [-0.25, -0.2) is 14.4 Å². The molecule has 33 heavy (non-hydrogen) atoms. The van der Waals surface area contributed by atoms with Crippen molar-refractivity contribution in [3.05, 3.63) is 35.3 Å². The Morgan fingerprint density at radius 3 is 2.70 bits per heavy atom. The molecule has 0 bridgehead atoms. The minimum atomic E-state index is -3.03. The van der Waals surface area contributed by atoms with E-state index in [1.807, 2.05) is 11.8 Å². The van der Waals surface area contributed by atoms with Crippen molar-refractivity contribution in [2.75, 3.05) is 44.2 Å². The number of nitrogens with one attached hydrogen (secondary N) is 1. The summed E-state index contributed by atoms with van der Waals surface area (Å²) in [7, 11) is 0. The predicted octanol–water partition coefficient (Wildman–Crippen LogP) is 2.73. The highest BCUT2D eigenvalue weighted by atomic mass is 19.3. The molecule has 1 aromatic heterocycles. The van der Waals surface area contributed by atoms with Crippen LogP contribution in [0.25, 0.3) is 11.3 Å². The first-order valence-electron chi connectivity index (χ1n) is 11.3. The van der Waals surface area contributed by atoms with Crippen molar-refractivity contribution >= 4 is 11.9 Å². The molecule has 2 saturated heterocycles. The molecular formula is C23H26F3N5O2. The molecule has 0 radical (unpaired) electrons. The number of anilines is 1. The van der Waals surface area contributed by atoms with Crippen molar-refractivity contribution in [1.29, 1.82) is 0 Å². The second-order valence-electron chi connectivity index (χ2n) is 8.80. The van der Waals surface area contributed by atoms with Gasteiger partial charge >= 0.3 is 0 Å². The molecule has 2 fully saturated rings. The standard InChI is InChI=1S/C23H26F3N5O2/c1-14-5-9-31(14)22-28-20(16-4-6-23(25,26)21(16)29-22)15-2-3-18(17(24)12-15)33-13-19(32)30-10-7-27-8-11-30/h2-3,12,14,27H,4-11,13H2,1H3. The van der Waals surface area contributed by atoms with Gasteiger partial charge in [-0.1, -0.05) is 0 Å². The lowest BCUT2D eigenvalue weighted by atomic mass is 10.0. The zero-order valence-corrected chi connectivity index (χ0v) is 18.4. The summed E-state index contributed by atoms with van der Waals surface area (Å²) in [5.41, 5.74) is 0.815. The molecule has 10 heteroatoms. The van der Waals surface area contributed by atoms with Gasteiger partial charge in [0, 0.05) is 56.3 Å². The number of piperazine rings is 1. The lowest BCUT2D eigenvalue weighted by Crippen LogP contribution is -2.47. The van der Waals surface area contributed by atoms with E-state index in [1.165, 1.54) is 12.1 Å². The van der Waals surface area contributed by atoms with Crippen LogP contribution in [-0.4, -0.2) is 66.1 Å². The Morgan fingerprint density at radius 2 is 2.03 bits per heavy atom. The van der Waals surface area contributed by atoms with Crippen LogP contribution in [0.5, 0.6) is 5.75 Å². The summed E-state index contributed by atoms with van der Waals surface area (Å²) in [5, 5.41) is 3.16. The van der Waals surface area contributed by atoms with E-state index in [4.69, 9.17) is 4.74 Å². The molecule has 176 valence electrons. The molecule has 1 aliphatic carbocycles. The molecule has 1 amide bonds. The van der Waals surface area contributed by atoms with Crippen molar-refractivity contribution in [2.45, 2.75) is 38.2 Å². The van der Waals surface area contributed by atoms with Gasteiger partial charge in [-0.2, -0.15) is 8.78 Å². The van der Waals surface area contributed by atoms with E-state index < -0.39 is 11.7 Å². The third-order valence-electron chi connectivity index (χ3n) is 6.63. The van der Waals surface area contributed by atoms with E-state index in [0.717, 1.165) is 19.5 Å². The van der Waals surface area contributed by atoms with Crippen LogP contribution >= 0.6 is 0 Å². The zero-order chi connectivity index (χ0) is 23.2. The fourth-order valence-electron chi connectivity index (χ4n) is 4.50. The highest BCUT2D eigenvalue weighted by Crippen LogP contribution is 2.45. The Bertz CT molecular complexity index is 1070. The third kappa shape index (κ3) is 4.12. The molecule has 2 aromatic rings. The largest absolute Gasteiger partial charge is 0.481 e. The smallest absolute Gasteiger partial charge is 0.290 e. The lowest BCUT2D eigenvalue weighted by molar-refractivity contribution is -0.133. The Labute approximate surface area is 189 Å². The summed E-state index contributed by atoms with van der Waals surface area (Å²) in [5.74, 6) is -3.70. The van der Waals surface area contributed by atoms with Crippen LogP contribution in [0.4, 0.5) is 19.1 Å². The van der Waals surface area contributed by atoms with Crippen LogP contribution in [-0.2, 0) is 17.1 Å². The highest BCUT2D eigenvalue weighted by molar-refractivity contribution is 5.78. The number of hydrogen-bond donors (Lipinski definition) is 1. The molecule has 1 aromatic carbocycles. The summed E-state index contributed by atoms with van der Waals surface area (Å²) < 4.78 is 49.3. The molecule has 3 aliphatic rings. The highest BCUT2D eigenvalue weighted by Gasteiger charge is 2.44. The first kappa shape index (κ1) is 21.9. The third-order valence-corrected chi connectivity index (χ3v) is 6.63. The summed E-state index contributed by atoms with van der Waals surface area (Å²) in [4.78, 5) is 24.6. The maximum absolute atomic E-state index is 14.9. The number of carbonyl (C=O) groups is 1. The van der Waals surface area contributed by atoms with Crippen molar-refractivity contribution in [1.82, 2.24) is 20.2 Å². The second-order valence-corrected chi connectivity index (χ2v) is 8.80. The monoisotopic (exact) mass is 461 g/mol. The molecule has 0 spiro atoms. The minimum absolute atomic E-state index is 0.0603. The predicted molar refractivity (Wildman–Crippen MR) is 116 cm³/mol. The number of hydrogen-bond acceptors (Lipinski definition) is 6. The molecule has 0 saturated carbocycles. The minimum Gasteiger partial charge on any atom is -0.481 e. The Balaban J connectivity index is 1.40. The van der Waals surface area contributed by atoms with Gasteiger partial charge in [-0.05, 0) is 38.0 Å². The number of ether oxygens (including phenoxy) is 1. The summed E-state index contributed by atoms with van der Waals surface area (Å²) >= 11 is 0. The van der Waals surface area contributed by atoms with Crippen molar-refractivity contribution < 1.29 is 22.7 Å². The zero-order valence-electron chi connectivity index (χ0n) is 18.4. The van der Waals surface area contributed by atoms with Crippen molar-refractivity contribution in [2.24, 2.45) is 0 Å². The van der Waals surface area contributed by atoms with Gasteiger partial charge in [-0.15, -0.1) is 0 Å². The summed E-state index contributed by atoms with van der Waals surface area (Å²) in [6, 6.07) is 4.42. The Morgan fingerprint density at radius 1 is 1.24 bits per heavy atom. The fourth-order valence-corrected chi connectivity index (χ4v) is 4.50. The number of nitrogens with zero attached hydrogens (tertiary/aromatic N) is 4. The van der Waals surface area contributed by atoms with Gasteiger partial charge in [0.25, 0.3) is 11.8 Å². The van der Waals surface area contributed by atoms with Crippen LogP contribution in [0.2, 0.25) is 0 Å². The molecular weight excluding hydrogens is 435 g/mol. The van der Waals surface area contributed by atoms with E-state index >= 15 is 0 Å². The van der Waals surface area contributed by atoms with E-state index in [1.54, 1.807) is 11.0 Å². The van der Waals surface area contributed by atoms with Crippen LogP contribution in [0.3, 0.4) is 0 Å². The molecule has 2 aliphatic heterocycles. The second kappa shape index (κ2) is 8.48. The first-order valence-corrected chi connectivity index (χ1v) is 11.3. The number of amides is 1. The van der Waals surface area contributed by atoms with E-state index in [2.05, 4.69) is 15.3 Å². The van der Waals surface area contributed by atoms with Crippen LogP contribution in [0.15, 0.2) is 18.2 Å². The number of alkyl halides is 2. The quantitative estimate of drug-likeness (QED) is 0.739. The average Bonchev–Trinajstić information content (AvgIpc) is 3.11. The SMILES string of the molecule is CC1CCN1c1nc(-c2ccc(OCC(=O)N3CCNCC3)c(F)c2)c2c(n1)C(F)(F)CC2. The van der Waals surface area contributed by atoms with Gasteiger partial charge < -0.3 is 19.9 Å². The van der Waals surface area contributed by atoms with Gasteiger partial charge in [0.15, 0.2) is 18.2 Å². The van der Waals surface area contributed by atoms with Crippen molar-refractivity contribution in [3.8, 4) is 17.0 Å². The maximum Gasteiger partial charge on any atom is 0.290 e. The summed E-state index contributed by atoms with van der Waals surface area (Å²) in [6.45, 7) is 5.04. The molecule has 7 nitrogen and oxygen atoms in total. The molecule has 5 rings (SSSR count). The lowest BCUT2D eigenvalue weighted by Gasteiger charge is -2.39. The number of fused-ring (bicyclic) bond motifs is 1. The van der Waals surface area contributed by atoms with Crippen LogP contribution in [0.1, 0.15) is 31.0 Å². The topological polar surface area (TPSA) is 70.6 Å². The number of rotatable bonds is 5. The van der Waals surface area contributed by atoms with Gasteiger partial charge in [0.2, 0.25) is 5.95 Å². The van der Waals surface area contributed by atoms with E-state index in [-0.39, 0.29) is 48.8 Å². The molecule has 3 heterocycles. The Hall–Kier alpha value is -2.88. The molecule has 1 unspecified atom stereocenters. The fraction of sp³-hybridized carbons (Fsp3) is 0.522. The van der Waals surface area contributed by atoms with Crippen molar-refractivity contribution in [3.63, 3.8) is 0 Å². The molecule has 1 N–H and O–H groups in total. The van der Waals surface area contributed by atoms with Gasteiger partial charge in [0.1, 0.15) is 5.69 Å². The number of aromatic nitrogens is 2. The van der Waals surface area contributed by atoms with Crippen LogP contribution in [0, 0.1) is 5.82 Å². The average molecular weight is 461 g/mol.